The lowest BCUT2D eigenvalue weighted by Gasteiger charge is -2.21. The van der Waals surface area contributed by atoms with Crippen LogP contribution in [0.3, 0.4) is 0 Å². The summed E-state index contributed by atoms with van der Waals surface area (Å²) in [6.07, 6.45) is 1.86. The molecule has 1 aromatic rings. The Morgan fingerprint density at radius 3 is 2.43 bits per heavy atom. The lowest BCUT2D eigenvalue weighted by molar-refractivity contribution is 0.306. The number of ether oxygens (including phenoxy) is 1. The minimum absolute atomic E-state index is 0.270. The second-order valence-corrected chi connectivity index (χ2v) is 5.40. The van der Waals surface area contributed by atoms with Crippen LogP contribution >= 0.6 is 0 Å². The van der Waals surface area contributed by atoms with Crippen molar-refractivity contribution >= 4 is 11.8 Å². The molecule has 0 radical (unpaired) electrons. The molecular weight excluding hydrogens is 286 g/mol. The summed E-state index contributed by atoms with van der Waals surface area (Å²) < 4.78 is 5.71. The van der Waals surface area contributed by atoms with Gasteiger partial charge in [-0.1, -0.05) is 18.7 Å². The summed E-state index contributed by atoms with van der Waals surface area (Å²) in [7, 11) is 0. The van der Waals surface area contributed by atoms with Gasteiger partial charge in [0.2, 0.25) is 0 Å². The molecule has 0 fully saturated rings. The fourth-order valence-corrected chi connectivity index (χ4v) is 2.40. The monoisotopic (exact) mass is 303 g/mol. The molecule has 2 N–H and O–H groups in total. The van der Waals surface area contributed by atoms with Gasteiger partial charge in [-0.25, -0.2) is 0 Å². The zero-order valence-electron chi connectivity index (χ0n) is 13.4. The van der Waals surface area contributed by atoms with Crippen LogP contribution in [0.2, 0.25) is 0 Å². The molecule has 0 aromatic heterocycles. The van der Waals surface area contributed by atoms with Crippen LogP contribution in [0.15, 0.2) is 58.6 Å². The van der Waals surface area contributed by atoms with Crippen molar-refractivity contribution in [2.24, 2.45) is 0 Å². The number of hydrogen-bond donors (Lipinski definition) is 1. The Morgan fingerprint density at radius 1 is 1.22 bits per heavy atom. The van der Waals surface area contributed by atoms with E-state index in [9.17, 15) is 5.26 Å². The molecule has 2 rings (SSSR count). The molecule has 4 heteroatoms. The predicted octanol–water partition coefficient (Wildman–Crippen LogP) is 4.14. The van der Waals surface area contributed by atoms with Crippen LogP contribution in [0.5, 0.6) is 0 Å². The van der Waals surface area contributed by atoms with Crippen molar-refractivity contribution in [3.05, 3.63) is 69.7 Å². The summed E-state index contributed by atoms with van der Waals surface area (Å²) in [6.45, 7) is 9.34. The number of benzene rings is 1. The molecule has 114 valence electrons. The third kappa shape index (κ3) is 3.02. The minimum atomic E-state index is 0.270. The van der Waals surface area contributed by atoms with Crippen molar-refractivity contribution in [3.63, 3.8) is 0 Å². The van der Waals surface area contributed by atoms with Gasteiger partial charge in [0, 0.05) is 11.3 Å². The van der Waals surface area contributed by atoms with Gasteiger partial charge >= 0.3 is 0 Å². The number of rotatable bonds is 2. The fourth-order valence-electron chi connectivity index (χ4n) is 2.40. The first-order valence-corrected chi connectivity index (χ1v) is 7.06. The second-order valence-electron chi connectivity index (χ2n) is 5.40. The van der Waals surface area contributed by atoms with Gasteiger partial charge in [-0.3, -0.25) is 0 Å². The average molecular weight is 303 g/mol. The van der Waals surface area contributed by atoms with Crippen LogP contribution in [-0.2, 0) is 4.74 Å². The van der Waals surface area contributed by atoms with E-state index >= 15 is 0 Å². The maximum Gasteiger partial charge on any atom is 0.148 e. The highest BCUT2D eigenvalue weighted by atomic mass is 16.5. The van der Waals surface area contributed by atoms with E-state index in [2.05, 4.69) is 12.6 Å². The van der Waals surface area contributed by atoms with Gasteiger partial charge in [-0.2, -0.15) is 10.5 Å². The van der Waals surface area contributed by atoms with Crippen molar-refractivity contribution < 1.29 is 4.74 Å². The summed E-state index contributed by atoms with van der Waals surface area (Å²) in [5.74, 6) is 0.852. The molecule has 0 bridgehead atoms. The molecule has 1 aromatic carbocycles. The molecule has 0 aliphatic carbocycles. The molecular formula is C19H17N3O. The van der Waals surface area contributed by atoms with Gasteiger partial charge in [0.15, 0.2) is 0 Å². The zero-order chi connectivity index (χ0) is 17.1. The largest absolute Gasteiger partial charge is 0.459 e. The van der Waals surface area contributed by atoms with Crippen LogP contribution < -0.4 is 5.73 Å². The molecule has 23 heavy (non-hydrogen) atoms. The molecule has 1 aliphatic heterocycles. The van der Waals surface area contributed by atoms with E-state index in [4.69, 9.17) is 15.7 Å². The lowest BCUT2D eigenvalue weighted by Crippen LogP contribution is -2.09. The van der Waals surface area contributed by atoms with E-state index < -0.39 is 0 Å². The van der Waals surface area contributed by atoms with E-state index in [1.54, 1.807) is 6.92 Å². The van der Waals surface area contributed by atoms with Crippen LogP contribution in [0, 0.1) is 29.6 Å². The summed E-state index contributed by atoms with van der Waals surface area (Å²) in [4.78, 5) is 0. The Labute approximate surface area is 136 Å². The summed E-state index contributed by atoms with van der Waals surface area (Å²) in [6, 6.07) is 9.87. The lowest BCUT2D eigenvalue weighted by atomic mass is 9.94. The van der Waals surface area contributed by atoms with Crippen molar-refractivity contribution in [1.82, 2.24) is 0 Å². The van der Waals surface area contributed by atoms with Crippen LogP contribution in [0.1, 0.15) is 25.0 Å². The number of nitrogen functional groups attached to an aromatic ring is 1. The van der Waals surface area contributed by atoms with Crippen molar-refractivity contribution in [3.8, 4) is 12.1 Å². The van der Waals surface area contributed by atoms with Crippen molar-refractivity contribution in [2.45, 2.75) is 20.8 Å². The van der Waals surface area contributed by atoms with Gasteiger partial charge in [0.25, 0.3) is 0 Å². The standard InChI is InChI=1S/C19H17N3O/c1-11-5-6-15(18(22)7-11)8-12(2)19-17(10-21)13(3)16(9-20)14(4)23-19/h5-8H,3,22H2,1-2,4H3. The van der Waals surface area contributed by atoms with E-state index in [1.165, 1.54) is 0 Å². The Balaban J connectivity index is 2.52. The smallest absolute Gasteiger partial charge is 0.148 e. The molecule has 0 saturated heterocycles. The van der Waals surface area contributed by atoms with Gasteiger partial charge < -0.3 is 10.5 Å². The minimum Gasteiger partial charge on any atom is -0.459 e. The Morgan fingerprint density at radius 2 is 1.87 bits per heavy atom. The first-order chi connectivity index (χ1) is 10.9. The topological polar surface area (TPSA) is 82.8 Å². The first-order valence-electron chi connectivity index (χ1n) is 7.06. The van der Waals surface area contributed by atoms with Crippen molar-refractivity contribution in [1.29, 1.82) is 10.5 Å². The third-order valence-corrected chi connectivity index (χ3v) is 3.63. The van der Waals surface area contributed by atoms with Crippen molar-refractivity contribution in [2.75, 3.05) is 5.73 Å². The number of hydrogen-bond acceptors (Lipinski definition) is 4. The molecule has 1 aliphatic rings. The highest BCUT2D eigenvalue weighted by Crippen LogP contribution is 2.34. The highest BCUT2D eigenvalue weighted by Gasteiger charge is 2.24. The second kappa shape index (κ2) is 6.25. The first kappa shape index (κ1) is 16.1. The number of nitriles is 2. The number of aryl methyl sites for hydroxylation is 1. The molecule has 0 unspecified atom stereocenters. The Bertz CT molecular complexity index is 871. The van der Waals surface area contributed by atoms with E-state index in [0.29, 0.717) is 28.4 Å². The molecule has 0 atom stereocenters. The Kier molecular flexibility index (Phi) is 4.39. The molecule has 4 nitrogen and oxygen atoms in total. The van der Waals surface area contributed by atoms with Gasteiger partial charge in [0.1, 0.15) is 29.2 Å². The van der Waals surface area contributed by atoms with E-state index in [0.717, 1.165) is 16.7 Å². The Hall–Kier alpha value is -3.24. The summed E-state index contributed by atoms with van der Waals surface area (Å²) >= 11 is 0. The fraction of sp³-hybridized carbons (Fsp3) is 0.158. The number of allylic oxidation sites excluding steroid dienone is 5. The number of anilines is 1. The SMILES string of the molecule is C=C1C(C#N)=C(C)OC(C(C)=Cc2ccc(C)cc2N)=C1C#N. The molecule has 0 amide bonds. The normalized spacial score (nSPS) is 15.2. The van der Waals surface area contributed by atoms with Crippen LogP contribution in [0.25, 0.3) is 6.08 Å². The maximum atomic E-state index is 9.40. The predicted molar refractivity (Wildman–Crippen MR) is 90.4 cm³/mol. The zero-order valence-corrected chi connectivity index (χ0v) is 13.4. The van der Waals surface area contributed by atoms with Gasteiger partial charge in [-0.15, -0.1) is 0 Å². The number of nitrogens with two attached hydrogens (primary N) is 1. The van der Waals surface area contributed by atoms with E-state index in [1.807, 2.05) is 44.2 Å². The third-order valence-electron chi connectivity index (χ3n) is 3.63. The molecule has 0 saturated carbocycles. The summed E-state index contributed by atoms with van der Waals surface area (Å²) in [5, 5.41) is 18.6. The number of nitrogens with zero attached hydrogens (tertiary/aromatic N) is 2. The van der Waals surface area contributed by atoms with E-state index in [-0.39, 0.29) is 5.57 Å². The van der Waals surface area contributed by atoms with Crippen LogP contribution in [-0.4, -0.2) is 0 Å². The average Bonchev–Trinajstić information content (AvgIpc) is 2.50. The molecule has 0 spiro atoms. The van der Waals surface area contributed by atoms with Crippen LogP contribution in [0.4, 0.5) is 5.69 Å². The maximum absolute atomic E-state index is 9.40. The summed E-state index contributed by atoms with van der Waals surface area (Å²) in [5.41, 5.74) is 10.3. The highest BCUT2D eigenvalue weighted by molar-refractivity contribution is 5.71. The van der Waals surface area contributed by atoms with Gasteiger partial charge in [0.05, 0.1) is 5.57 Å². The quantitative estimate of drug-likeness (QED) is 0.832. The molecule has 1 heterocycles. The van der Waals surface area contributed by atoms with Gasteiger partial charge in [-0.05, 0) is 49.6 Å².